The van der Waals surface area contributed by atoms with Crippen LogP contribution in [0.25, 0.3) is 10.8 Å². The molecule has 0 radical (unpaired) electrons. The van der Waals surface area contributed by atoms with Crippen molar-refractivity contribution in [2.45, 2.75) is 4.90 Å². The first-order valence-corrected chi connectivity index (χ1v) is 11.1. The molecule has 0 aliphatic rings. The molecule has 0 aromatic heterocycles. The van der Waals surface area contributed by atoms with Gasteiger partial charge in [0.1, 0.15) is 5.75 Å². The van der Waals surface area contributed by atoms with Crippen molar-refractivity contribution in [3.63, 3.8) is 0 Å². The summed E-state index contributed by atoms with van der Waals surface area (Å²) in [5.41, 5.74) is 0.954. The number of sulfonamides is 1. The monoisotopic (exact) mass is 432 g/mol. The summed E-state index contributed by atoms with van der Waals surface area (Å²) in [6.07, 6.45) is 0. The second kappa shape index (κ2) is 8.89. The van der Waals surface area contributed by atoms with E-state index in [0.717, 1.165) is 10.8 Å². The Balaban J connectivity index is 1.38. The molecule has 6 nitrogen and oxygen atoms in total. The van der Waals surface area contributed by atoms with Gasteiger partial charge in [0.2, 0.25) is 0 Å². The number of ether oxygens (including phenoxy) is 1. The predicted octanol–water partition coefficient (Wildman–Crippen LogP) is 4.66. The normalized spacial score (nSPS) is 11.1. The minimum absolute atomic E-state index is 0.0985. The number of nitrogens with one attached hydrogen (secondary N) is 2. The van der Waals surface area contributed by atoms with Crippen molar-refractivity contribution in [2.24, 2.45) is 0 Å². The van der Waals surface area contributed by atoms with Gasteiger partial charge in [0.25, 0.3) is 15.9 Å². The van der Waals surface area contributed by atoms with Gasteiger partial charge in [0, 0.05) is 16.8 Å². The smallest absolute Gasteiger partial charge is 0.262 e. The van der Waals surface area contributed by atoms with Gasteiger partial charge in [0.05, 0.1) is 4.90 Å². The third-order valence-electron chi connectivity index (χ3n) is 4.58. The molecule has 0 atom stereocenters. The lowest BCUT2D eigenvalue weighted by Gasteiger charge is -2.11. The van der Waals surface area contributed by atoms with E-state index in [-0.39, 0.29) is 17.4 Å². The maximum absolute atomic E-state index is 12.5. The van der Waals surface area contributed by atoms with Gasteiger partial charge in [-0.15, -0.1) is 0 Å². The highest BCUT2D eigenvalue weighted by molar-refractivity contribution is 7.92. The molecule has 7 heteroatoms. The van der Waals surface area contributed by atoms with E-state index in [4.69, 9.17) is 4.74 Å². The molecule has 31 heavy (non-hydrogen) atoms. The lowest BCUT2D eigenvalue weighted by atomic mass is 10.1. The standard InChI is InChI=1S/C24H20N2O4S/c27-24(17-30-23-12-6-8-18-7-4-5-11-22(18)23)25-19-13-15-21(16-14-19)31(28,29)26-20-9-2-1-3-10-20/h1-16,26H,17H2,(H,25,27). The van der Waals surface area contributed by atoms with Gasteiger partial charge in [-0.25, -0.2) is 8.42 Å². The minimum Gasteiger partial charge on any atom is -0.483 e. The molecule has 4 aromatic carbocycles. The third-order valence-corrected chi connectivity index (χ3v) is 5.98. The van der Waals surface area contributed by atoms with Crippen LogP contribution in [0.4, 0.5) is 11.4 Å². The molecule has 4 aromatic rings. The second-order valence-corrected chi connectivity index (χ2v) is 8.49. The van der Waals surface area contributed by atoms with Crippen LogP contribution in [-0.4, -0.2) is 20.9 Å². The number of benzene rings is 4. The van der Waals surface area contributed by atoms with Crippen molar-refractivity contribution >= 4 is 38.1 Å². The Labute approximate surface area is 180 Å². The zero-order valence-corrected chi connectivity index (χ0v) is 17.3. The molecule has 0 aliphatic carbocycles. The van der Waals surface area contributed by atoms with E-state index in [2.05, 4.69) is 10.0 Å². The predicted molar refractivity (Wildman–Crippen MR) is 122 cm³/mol. The van der Waals surface area contributed by atoms with Crippen molar-refractivity contribution in [1.29, 1.82) is 0 Å². The zero-order chi connectivity index (χ0) is 21.7. The van der Waals surface area contributed by atoms with E-state index in [9.17, 15) is 13.2 Å². The number of hydrogen-bond donors (Lipinski definition) is 2. The molecule has 0 saturated carbocycles. The molecular formula is C24H20N2O4S. The SMILES string of the molecule is O=C(COc1cccc2ccccc12)Nc1ccc(S(=O)(=O)Nc2ccccc2)cc1. The average Bonchev–Trinajstić information content (AvgIpc) is 2.78. The Morgan fingerprint density at radius 2 is 1.42 bits per heavy atom. The van der Waals surface area contributed by atoms with Crippen molar-refractivity contribution in [3.05, 3.63) is 97.1 Å². The van der Waals surface area contributed by atoms with Gasteiger partial charge in [0.15, 0.2) is 6.61 Å². The minimum atomic E-state index is -3.71. The number of carbonyl (C=O) groups excluding carboxylic acids is 1. The molecule has 0 unspecified atom stereocenters. The van der Waals surface area contributed by atoms with E-state index < -0.39 is 10.0 Å². The summed E-state index contributed by atoms with van der Waals surface area (Å²) in [6, 6.07) is 28.0. The molecule has 156 valence electrons. The number of carbonyl (C=O) groups is 1. The van der Waals surface area contributed by atoms with E-state index in [0.29, 0.717) is 17.1 Å². The highest BCUT2D eigenvalue weighted by Crippen LogP contribution is 2.25. The van der Waals surface area contributed by atoms with Crippen LogP contribution in [0.1, 0.15) is 0 Å². The van der Waals surface area contributed by atoms with Crippen LogP contribution in [-0.2, 0) is 14.8 Å². The summed E-state index contributed by atoms with van der Waals surface area (Å²) in [6.45, 7) is -0.163. The summed E-state index contributed by atoms with van der Waals surface area (Å²) in [7, 11) is -3.71. The molecule has 1 amide bonds. The van der Waals surface area contributed by atoms with Gasteiger partial charge in [-0.2, -0.15) is 0 Å². The van der Waals surface area contributed by atoms with Crippen LogP contribution >= 0.6 is 0 Å². The Kier molecular flexibility index (Phi) is 5.86. The molecule has 0 saturated heterocycles. The highest BCUT2D eigenvalue weighted by Gasteiger charge is 2.14. The highest BCUT2D eigenvalue weighted by atomic mass is 32.2. The van der Waals surface area contributed by atoms with Crippen LogP contribution in [0, 0.1) is 0 Å². The van der Waals surface area contributed by atoms with E-state index in [1.165, 1.54) is 24.3 Å². The molecule has 2 N–H and O–H groups in total. The summed E-state index contributed by atoms with van der Waals surface area (Å²) in [5, 5.41) is 4.67. The number of anilines is 2. The molecule has 0 bridgehead atoms. The summed E-state index contributed by atoms with van der Waals surface area (Å²) < 4.78 is 33.2. The van der Waals surface area contributed by atoms with Crippen molar-refractivity contribution < 1.29 is 17.9 Å². The van der Waals surface area contributed by atoms with Crippen LogP contribution in [0.3, 0.4) is 0 Å². The van der Waals surface area contributed by atoms with Crippen LogP contribution in [0.15, 0.2) is 102 Å². The Hall–Kier alpha value is -3.84. The fourth-order valence-corrected chi connectivity index (χ4v) is 4.16. The Morgan fingerprint density at radius 1 is 0.742 bits per heavy atom. The number of amides is 1. The zero-order valence-electron chi connectivity index (χ0n) is 16.5. The number of hydrogen-bond acceptors (Lipinski definition) is 4. The quantitative estimate of drug-likeness (QED) is 0.445. The van der Waals surface area contributed by atoms with Gasteiger partial charge in [-0.1, -0.05) is 54.6 Å². The van der Waals surface area contributed by atoms with E-state index in [1.54, 1.807) is 30.3 Å². The maximum Gasteiger partial charge on any atom is 0.262 e. The largest absolute Gasteiger partial charge is 0.483 e. The molecule has 4 rings (SSSR count). The van der Waals surface area contributed by atoms with Crippen molar-refractivity contribution in [2.75, 3.05) is 16.6 Å². The molecular weight excluding hydrogens is 412 g/mol. The fourth-order valence-electron chi connectivity index (χ4n) is 3.10. The maximum atomic E-state index is 12.5. The molecule has 0 spiro atoms. The van der Waals surface area contributed by atoms with Crippen LogP contribution in [0.5, 0.6) is 5.75 Å². The van der Waals surface area contributed by atoms with E-state index >= 15 is 0 Å². The summed E-state index contributed by atoms with van der Waals surface area (Å²) >= 11 is 0. The summed E-state index contributed by atoms with van der Waals surface area (Å²) in [5.74, 6) is 0.285. The fraction of sp³-hybridized carbons (Fsp3) is 0.0417. The van der Waals surface area contributed by atoms with E-state index in [1.807, 2.05) is 42.5 Å². The van der Waals surface area contributed by atoms with Crippen molar-refractivity contribution in [1.82, 2.24) is 0 Å². The Morgan fingerprint density at radius 3 is 2.19 bits per heavy atom. The van der Waals surface area contributed by atoms with Gasteiger partial charge in [-0.05, 0) is 47.9 Å². The Bertz CT molecular complexity index is 1300. The molecule has 0 fully saturated rings. The lowest BCUT2D eigenvalue weighted by Crippen LogP contribution is -2.20. The van der Waals surface area contributed by atoms with Gasteiger partial charge < -0.3 is 10.1 Å². The second-order valence-electron chi connectivity index (χ2n) is 6.81. The number of rotatable bonds is 7. The number of para-hydroxylation sites is 1. The lowest BCUT2D eigenvalue weighted by molar-refractivity contribution is -0.118. The van der Waals surface area contributed by atoms with Gasteiger partial charge >= 0.3 is 0 Å². The average molecular weight is 433 g/mol. The third kappa shape index (κ3) is 5.02. The first kappa shape index (κ1) is 20.4. The molecule has 0 heterocycles. The first-order chi connectivity index (χ1) is 15.0. The molecule has 0 aliphatic heterocycles. The van der Waals surface area contributed by atoms with Gasteiger partial charge in [-0.3, -0.25) is 9.52 Å². The number of fused-ring (bicyclic) bond motifs is 1. The first-order valence-electron chi connectivity index (χ1n) is 9.60. The summed E-state index contributed by atoms with van der Waals surface area (Å²) in [4.78, 5) is 12.4. The van der Waals surface area contributed by atoms with Crippen molar-refractivity contribution in [3.8, 4) is 5.75 Å². The van der Waals surface area contributed by atoms with Crippen LogP contribution < -0.4 is 14.8 Å². The topological polar surface area (TPSA) is 84.5 Å². The van der Waals surface area contributed by atoms with Crippen LogP contribution in [0.2, 0.25) is 0 Å².